The van der Waals surface area contributed by atoms with E-state index in [1.54, 1.807) is 0 Å². The molecule has 0 fully saturated rings. The molecule has 1 heterocycles. The molecule has 0 aliphatic carbocycles. The molecule has 1 aromatic rings. The maximum Gasteiger partial charge on any atom is 0.328 e. The van der Waals surface area contributed by atoms with Crippen molar-refractivity contribution in [3.8, 4) is 6.07 Å². The monoisotopic (exact) mass is 529 g/mol. The van der Waals surface area contributed by atoms with Gasteiger partial charge in [0.25, 0.3) is 0 Å². The molecule has 2 atom stereocenters. The lowest BCUT2D eigenvalue weighted by molar-refractivity contribution is -0.121. The number of nitrogens with one attached hydrogen (secondary N) is 1. The van der Waals surface area contributed by atoms with Gasteiger partial charge in [-0.1, -0.05) is 63.8 Å². The minimum absolute atomic E-state index is 0.123. The Morgan fingerprint density at radius 3 is 2.46 bits per heavy atom. The van der Waals surface area contributed by atoms with Crippen LogP contribution < -0.4 is 10.2 Å². The molecule has 1 aliphatic heterocycles. The Morgan fingerprint density at radius 1 is 1.15 bits per heavy atom. The van der Waals surface area contributed by atoms with E-state index < -0.39 is 17.7 Å². The third-order valence-corrected chi connectivity index (χ3v) is 7.00. The average molecular weight is 530 g/mol. The molecule has 0 radical (unpaired) electrons. The summed E-state index contributed by atoms with van der Waals surface area (Å²) >= 11 is 0. The highest BCUT2D eigenvalue weighted by molar-refractivity contribution is 5.75. The van der Waals surface area contributed by atoms with Crippen molar-refractivity contribution in [2.24, 2.45) is 5.92 Å². The van der Waals surface area contributed by atoms with Gasteiger partial charge in [-0.25, -0.2) is 11.4 Å². The molecule has 0 bridgehead atoms. The van der Waals surface area contributed by atoms with Crippen LogP contribution in [0.3, 0.4) is 0 Å². The van der Waals surface area contributed by atoms with E-state index in [1.807, 2.05) is 63.4 Å². The van der Waals surface area contributed by atoms with Crippen LogP contribution in [-0.4, -0.2) is 43.8 Å². The summed E-state index contributed by atoms with van der Waals surface area (Å²) in [5, 5.41) is 12.3. The molecule has 208 valence electrons. The third kappa shape index (κ3) is 9.90. The summed E-state index contributed by atoms with van der Waals surface area (Å²) in [6.45, 7) is 24.6. The number of amides is 1. The summed E-state index contributed by atoms with van der Waals surface area (Å²) in [5.74, 6) is 0.892. The second kappa shape index (κ2) is 15.7. The molecular weight excluding hydrogens is 486 g/mol. The molecule has 1 aromatic carbocycles. The number of nitriles is 1. The van der Waals surface area contributed by atoms with Crippen LogP contribution in [0.1, 0.15) is 78.2 Å². The van der Waals surface area contributed by atoms with Gasteiger partial charge in [0.15, 0.2) is 12.2 Å². The first-order valence-corrected chi connectivity index (χ1v) is 13.9. The third-order valence-electron chi connectivity index (χ3n) is 7.00. The Balaban J connectivity index is 1.83. The number of benzene rings is 1. The van der Waals surface area contributed by atoms with Crippen molar-refractivity contribution in [2.45, 2.75) is 90.4 Å². The number of hydrogen-bond donors (Lipinski definition) is 1. The van der Waals surface area contributed by atoms with Crippen LogP contribution in [0.2, 0.25) is 0 Å². The maximum absolute atomic E-state index is 12.1. The molecule has 7 heteroatoms. The van der Waals surface area contributed by atoms with Gasteiger partial charge in [0, 0.05) is 32.2 Å². The number of hydrogen-bond acceptors (Lipinski definition) is 4. The number of anilines is 1. The molecule has 1 aliphatic rings. The van der Waals surface area contributed by atoms with Crippen molar-refractivity contribution >= 4 is 17.7 Å². The Labute approximate surface area is 235 Å². The first-order valence-electron chi connectivity index (χ1n) is 13.9. The first-order chi connectivity index (χ1) is 18.6. The lowest BCUT2D eigenvalue weighted by atomic mass is 9.95. The first kappa shape index (κ1) is 31.6. The molecular formula is C32H43N5O2. The van der Waals surface area contributed by atoms with E-state index >= 15 is 0 Å². The van der Waals surface area contributed by atoms with Crippen molar-refractivity contribution in [3.05, 3.63) is 70.0 Å². The van der Waals surface area contributed by atoms with Gasteiger partial charge in [-0.15, -0.1) is 0 Å². The average Bonchev–Trinajstić information content (AvgIpc) is 3.16. The van der Waals surface area contributed by atoms with Crippen LogP contribution in [0, 0.1) is 30.4 Å². The Morgan fingerprint density at radius 2 is 1.85 bits per heavy atom. The van der Waals surface area contributed by atoms with Crippen LogP contribution in [-0.2, 0) is 9.53 Å². The topological polar surface area (TPSA) is 74.1 Å². The molecule has 0 spiro atoms. The Bertz CT molecular complexity index is 1120. The number of unbranched alkanes of at least 4 members (excludes halogenated alkanes) is 3. The van der Waals surface area contributed by atoms with Gasteiger partial charge in [-0.05, 0) is 55.9 Å². The fourth-order valence-corrected chi connectivity index (χ4v) is 4.66. The van der Waals surface area contributed by atoms with Crippen LogP contribution in [0.4, 0.5) is 5.69 Å². The highest BCUT2D eigenvalue weighted by Crippen LogP contribution is 2.39. The van der Waals surface area contributed by atoms with Crippen LogP contribution in [0.25, 0.3) is 15.8 Å². The zero-order valence-electron chi connectivity index (χ0n) is 24.2. The number of nitrogens with zero attached hydrogens (tertiary/aromatic N) is 4. The van der Waals surface area contributed by atoms with E-state index in [9.17, 15) is 10.1 Å². The SMILES string of the molecule is [C-]#[N+]C1=C(/C=C/c2ccc(N(C)CCCC(=O)NCCCCCCC(C)C)cc2)C(C)(C)OC1C(C#N)[N+]#[C-]. The molecule has 0 saturated carbocycles. The normalized spacial score (nSPS) is 17.1. The highest BCUT2D eigenvalue weighted by atomic mass is 16.5. The van der Waals surface area contributed by atoms with E-state index in [-0.39, 0.29) is 5.91 Å². The summed E-state index contributed by atoms with van der Waals surface area (Å²) in [6.07, 6.45) is 10.3. The van der Waals surface area contributed by atoms with E-state index in [0.717, 1.165) is 43.1 Å². The van der Waals surface area contributed by atoms with Gasteiger partial charge in [-0.3, -0.25) is 9.64 Å². The van der Waals surface area contributed by atoms with E-state index in [0.29, 0.717) is 17.7 Å². The minimum Gasteiger partial charge on any atom is -0.375 e. The molecule has 39 heavy (non-hydrogen) atoms. The lowest BCUT2D eigenvalue weighted by Gasteiger charge is -2.22. The maximum atomic E-state index is 12.1. The summed E-state index contributed by atoms with van der Waals surface area (Å²) in [6, 6.07) is 8.98. The quantitative estimate of drug-likeness (QED) is 0.200. The van der Waals surface area contributed by atoms with Gasteiger partial charge >= 0.3 is 6.04 Å². The fraction of sp³-hybridized carbons (Fsp3) is 0.562. The zero-order valence-corrected chi connectivity index (χ0v) is 24.2. The van der Waals surface area contributed by atoms with Crippen molar-refractivity contribution < 1.29 is 9.53 Å². The Hall–Kier alpha value is -3.60. The molecule has 7 nitrogen and oxygen atoms in total. The smallest absolute Gasteiger partial charge is 0.328 e. The molecule has 0 saturated heterocycles. The summed E-state index contributed by atoms with van der Waals surface area (Å²) < 4.78 is 5.94. The molecule has 2 rings (SSSR count). The van der Waals surface area contributed by atoms with Gasteiger partial charge in [-0.2, -0.15) is 5.26 Å². The predicted molar refractivity (Wildman–Crippen MR) is 157 cm³/mol. The molecule has 2 unspecified atom stereocenters. The molecule has 1 N–H and O–H groups in total. The van der Waals surface area contributed by atoms with E-state index in [1.165, 1.54) is 25.7 Å². The minimum atomic E-state index is -1.04. The zero-order chi connectivity index (χ0) is 28.8. The number of ether oxygens (including phenoxy) is 1. The van der Waals surface area contributed by atoms with E-state index in [4.69, 9.17) is 17.9 Å². The van der Waals surface area contributed by atoms with Crippen LogP contribution in [0.15, 0.2) is 41.6 Å². The molecule has 0 aromatic heterocycles. The highest BCUT2D eigenvalue weighted by Gasteiger charge is 2.46. The largest absolute Gasteiger partial charge is 0.375 e. The number of rotatable bonds is 15. The van der Waals surface area contributed by atoms with E-state index in [2.05, 4.69) is 33.8 Å². The molecule has 1 amide bonds. The van der Waals surface area contributed by atoms with Gasteiger partial charge < -0.3 is 15.0 Å². The van der Waals surface area contributed by atoms with Crippen molar-refractivity contribution in [2.75, 3.05) is 25.0 Å². The fourth-order valence-electron chi connectivity index (χ4n) is 4.66. The predicted octanol–water partition coefficient (Wildman–Crippen LogP) is 6.80. The second-order valence-corrected chi connectivity index (χ2v) is 11.1. The van der Waals surface area contributed by atoms with Gasteiger partial charge in [0.2, 0.25) is 11.6 Å². The summed E-state index contributed by atoms with van der Waals surface area (Å²) in [7, 11) is 2.02. The van der Waals surface area contributed by atoms with Crippen molar-refractivity contribution in [3.63, 3.8) is 0 Å². The number of carbonyl (C=O) groups excluding carboxylic acids is 1. The van der Waals surface area contributed by atoms with Crippen molar-refractivity contribution in [1.29, 1.82) is 5.26 Å². The summed E-state index contributed by atoms with van der Waals surface area (Å²) in [5.41, 5.74) is 2.28. The lowest BCUT2D eigenvalue weighted by Crippen LogP contribution is -2.29. The summed E-state index contributed by atoms with van der Waals surface area (Å²) in [4.78, 5) is 21.2. The Kier molecular flexibility index (Phi) is 12.7. The van der Waals surface area contributed by atoms with Gasteiger partial charge in [0.1, 0.15) is 0 Å². The van der Waals surface area contributed by atoms with Gasteiger partial charge in [0.05, 0.1) is 12.2 Å². The number of carbonyl (C=O) groups is 1. The van der Waals surface area contributed by atoms with Crippen molar-refractivity contribution in [1.82, 2.24) is 5.32 Å². The van der Waals surface area contributed by atoms with Crippen LogP contribution >= 0.6 is 0 Å². The second-order valence-electron chi connectivity index (χ2n) is 11.1. The standard InChI is InChI=1S/C32H43N5O2/c1-24(2)13-10-8-9-11-21-36-29(38)14-12-22-37(7)26-18-15-25(16-19-26)17-20-27-30(35-6)31(28(23-33)34-5)39-32(27,3)4/h15-20,24,28,31H,8-14,21-22H2,1-4,7H3,(H,36,38)/b20-17+. The van der Waals surface area contributed by atoms with Crippen LogP contribution in [0.5, 0.6) is 0 Å².